The summed E-state index contributed by atoms with van der Waals surface area (Å²) in [4.78, 5) is 0. The Bertz CT molecular complexity index is 241. The van der Waals surface area contributed by atoms with Crippen LogP contribution in [0.1, 0.15) is 0 Å². The number of rotatable bonds is 2. The Morgan fingerprint density at radius 3 is 2.64 bits per heavy atom. The van der Waals surface area contributed by atoms with E-state index in [-0.39, 0.29) is 0 Å². The molecule has 0 bridgehead atoms. The highest BCUT2D eigenvalue weighted by Crippen LogP contribution is 2.14. The predicted molar refractivity (Wildman–Crippen MR) is 50.0 cm³/mol. The fourth-order valence-corrected chi connectivity index (χ4v) is 1.18. The topological polar surface area (TPSA) is 49.7 Å². The number of hydrogen-bond donors (Lipinski definition) is 2. The third-order valence-electron chi connectivity index (χ3n) is 1.04. The van der Waals surface area contributed by atoms with Crippen LogP contribution in [-0.4, -0.2) is 17.4 Å². The molecule has 1 aromatic rings. The molecular weight excluding hydrogens is 258 g/mol. The minimum absolute atomic E-state index is 0.451. The van der Waals surface area contributed by atoms with E-state index in [1.54, 1.807) is 18.2 Å². The van der Waals surface area contributed by atoms with E-state index in [0.717, 1.165) is 3.57 Å². The summed E-state index contributed by atoms with van der Waals surface area (Å²) in [7, 11) is -1.74. The van der Waals surface area contributed by atoms with Crippen molar-refractivity contribution in [2.75, 3.05) is 0 Å². The molecule has 0 radical (unpaired) electrons. The molecule has 0 unspecified atom stereocenters. The summed E-state index contributed by atoms with van der Waals surface area (Å²) < 4.78 is 5.59. The van der Waals surface area contributed by atoms with Gasteiger partial charge in [-0.15, -0.1) is 0 Å². The van der Waals surface area contributed by atoms with Crippen LogP contribution < -0.4 is 4.65 Å². The highest BCUT2D eigenvalue weighted by molar-refractivity contribution is 14.1. The molecular formula is C6H6BIO3. The zero-order valence-electron chi connectivity index (χ0n) is 5.57. The molecule has 0 aromatic heterocycles. The minimum atomic E-state index is -1.74. The zero-order valence-corrected chi connectivity index (χ0v) is 7.72. The molecule has 1 aromatic carbocycles. The van der Waals surface area contributed by atoms with Crippen LogP contribution in [0.15, 0.2) is 24.3 Å². The smallest absolute Gasteiger partial charge is 0.512 e. The first-order chi connectivity index (χ1) is 5.18. The van der Waals surface area contributed by atoms with E-state index in [2.05, 4.69) is 27.2 Å². The van der Waals surface area contributed by atoms with Crippen LogP contribution in [0.2, 0.25) is 0 Å². The minimum Gasteiger partial charge on any atom is -0.512 e. The van der Waals surface area contributed by atoms with Gasteiger partial charge in [-0.25, -0.2) is 0 Å². The molecule has 0 aliphatic heterocycles. The van der Waals surface area contributed by atoms with Gasteiger partial charge in [-0.2, -0.15) is 0 Å². The Balaban J connectivity index is 2.71. The lowest BCUT2D eigenvalue weighted by molar-refractivity contribution is 0.288. The second-order valence-corrected chi connectivity index (χ2v) is 3.15. The number of halogens is 1. The molecule has 58 valence electrons. The van der Waals surface area contributed by atoms with E-state index in [0.29, 0.717) is 5.75 Å². The SMILES string of the molecule is OB(O)Oc1cccc(I)c1. The normalized spacial score (nSPS) is 9.36. The van der Waals surface area contributed by atoms with Gasteiger partial charge in [0, 0.05) is 3.57 Å². The van der Waals surface area contributed by atoms with Gasteiger partial charge >= 0.3 is 7.32 Å². The van der Waals surface area contributed by atoms with Crippen molar-refractivity contribution in [1.82, 2.24) is 0 Å². The Morgan fingerprint density at radius 1 is 1.36 bits per heavy atom. The summed E-state index contributed by atoms with van der Waals surface area (Å²) in [5, 5.41) is 16.9. The Morgan fingerprint density at radius 2 is 2.09 bits per heavy atom. The monoisotopic (exact) mass is 264 g/mol. The molecule has 0 amide bonds. The zero-order chi connectivity index (χ0) is 8.27. The van der Waals surface area contributed by atoms with Crippen molar-refractivity contribution in [2.45, 2.75) is 0 Å². The molecule has 11 heavy (non-hydrogen) atoms. The van der Waals surface area contributed by atoms with Crippen molar-refractivity contribution in [3.8, 4) is 5.75 Å². The van der Waals surface area contributed by atoms with Crippen molar-refractivity contribution in [2.24, 2.45) is 0 Å². The molecule has 0 aliphatic rings. The number of benzene rings is 1. The lowest BCUT2D eigenvalue weighted by Crippen LogP contribution is -2.20. The molecule has 5 heteroatoms. The predicted octanol–water partition coefficient (Wildman–Crippen LogP) is 0.640. The van der Waals surface area contributed by atoms with Crippen molar-refractivity contribution in [3.05, 3.63) is 27.8 Å². The first-order valence-electron chi connectivity index (χ1n) is 2.97. The van der Waals surface area contributed by atoms with Gasteiger partial charge in [0.25, 0.3) is 0 Å². The van der Waals surface area contributed by atoms with E-state index in [4.69, 9.17) is 10.0 Å². The average Bonchev–Trinajstić information content (AvgIpc) is 1.85. The summed E-state index contributed by atoms with van der Waals surface area (Å²) >= 11 is 2.11. The van der Waals surface area contributed by atoms with E-state index in [9.17, 15) is 0 Å². The van der Waals surface area contributed by atoms with Crippen LogP contribution in [0, 0.1) is 3.57 Å². The van der Waals surface area contributed by atoms with E-state index >= 15 is 0 Å². The van der Waals surface area contributed by atoms with Crippen LogP contribution in [-0.2, 0) is 0 Å². The van der Waals surface area contributed by atoms with Gasteiger partial charge in [0.1, 0.15) is 5.75 Å². The van der Waals surface area contributed by atoms with Gasteiger partial charge in [-0.3, -0.25) is 0 Å². The molecule has 2 N–H and O–H groups in total. The van der Waals surface area contributed by atoms with Crippen LogP contribution in [0.4, 0.5) is 0 Å². The highest BCUT2D eigenvalue weighted by atomic mass is 127. The standard InChI is InChI=1S/C6H6BIO3/c8-5-2-1-3-6(4-5)11-7(9)10/h1-4,9-10H. The number of hydrogen-bond acceptors (Lipinski definition) is 3. The quantitative estimate of drug-likeness (QED) is 0.608. The first-order valence-corrected chi connectivity index (χ1v) is 4.05. The summed E-state index contributed by atoms with van der Waals surface area (Å²) in [6.45, 7) is 0. The fourth-order valence-electron chi connectivity index (χ4n) is 0.662. The fraction of sp³-hybridized carbons (Fsp3) is 0. The molecule has 3 nitrogen and oxygen atoms in total. The van der Waals surface area contributed by atoms with Gasteiger partial charge in [0.05, 0.1) is 0 Å². The van der Waals surface area contributed by atoms with E-state index in [1.807, 2.05) is 6.07 Å². The van der Waals surface area contributed by atoms with Gasteiger partial charge in [0.15, 0.2) is 0 Å². The van der Waals surface area contributed by atoms with Crippen LogP contribution in [0.25, 0.3) is 0 Å². The van der Waals surface area contributed by atoms with Crippen LogP contribution in [0.5, 0.6) is 5.75 Å². The second kappa shape index (κ2) is 3.94. The summed E-state index contributed by atoms with van der Waals surface area (Å²) in [5.74, 6) is 0.451. The van der Waals surface area contributed by atoms with Crippen molar-refractivity contribution >= 4 is 29.9 Å². The average molecular weight is 264 g/mol. The third-order valence-corrected chi connectivity index (χ3v) is 1.71. The maximum Gasteiger partial charge on any atom is 0.707 e. The molecule has 0 saturated heterocycles. The van der Waals surface area contributed by atoms with Gasteiger partial charge < -0.3 is 14.7 Å². The van der Waals surface area contributed by atoms with Gasteiger partial charge in [-0.05, 0) is 40.8 Å². The van der Waals surface area contributed by atoms with Gasteiger partial charge in [0.2, 0.25) is 0 Å². The second-order valence-electron chi connectivity index (χ2n) is 1.90. The summed E-state index contributed by atoms with van der Waals surface area (Å²) in [6.07, 6.45) is 0. The molecule has 1 rings (SSSR count). The molecule has 0 saturated carbocycles. The third kappa shape index (κ3) is 3.09. The summed E-state index contributed by atoms with van der Waals surface area (Å²) in [6, 6.07) is 7.03. The van der Waals surface area contributed by atoms with Gasteiger partial charge in [-0.1, -0.05) is 6.07 Å². The highest BCUT2D eigenvalue weighted by Gasteiger charge is 2.10. The molecule has 0 fully saturated rings. The molecule has 0 aliphatic carbocycles. The van der Waals surface area contributed by atoms with Crippen molar-refractivity contribution in [3.63, 3.8) is 0 Å². The lowest BCUT2D eigenvalue weighted by Gasteiger charge is -2.03. The molecule has 0 heterocycles. The Kier molecular flexibility index (Phi) is 3.16. The molecule has 0 spiro atoms. The largest absolute Gasteiger partial charge is 0.707 e. The summed E-state index contributed by atoms with van der Waals surface area (Å²) in [5.41, 5.74) is 0. The molecule has 0 atom stereocenters. The maximum atomic E-state index is 8.43. The maximum absolute atomic E-state index is 8.43. The Labute approximate surface area is 78.3 Å². The van der Waals surface area contributed by atoms with Crippen molar-refractivity contribution in [1.29, 1.82) is 0 Å². The Hall–Kier alpha value is -0.265. The lowest BCUT2D eigenvalue weighted by atomic mass is 10.2. The van der Waals surface area contributed by atoms with E-state index in [1.165, 1.54) is 0 Å². The van der Waals surface area contributed by atoms with Crippen molar-refractivity contribution < 1.29 is 14.7 Å². The van der Waals surface area contributed by atoms with E-state index < -0.39 is 7.32 Å². The van der Waals surface area contributed by atoms with Crippen LogP contribution in [0.3, 0.4) is 0 Å². The first kappa shape index (κ1) is 8.83. The van der Waals surface area contributed by atoms with Crippen LogP contribution >= 0.6 is 22.6 Å².